The van der Waals surface area contributed by atoms with Gasteiger partial charge in [-0.15, -0.1) is 0 Å². The molecule has 3 N–H and O–H groups in total. The Morgan fingerprint density at radius 3 is 2.42 bits per heavy atom. The lowest BCUT2D eigenvalue weighted by atomic mass is 9.95. The zero-order valence-electron chi connectivity index (χ0n) is 17.2. The fraction of sp³-hybridized carbons (Fsp3) is 0.0800. The molecule has 0 atom stereocenters. The van der Waals surface area contributed by atoms with Crippen LogP contribution in [0.25, 0.3) is 11.3 Å². The third-order valence-electron chi connectivity index (χ3n) is 5.36. The van der Waals surface area contributed by atoms with Crippen LogP contribution in [0.5, 0.6) is 0 Å². The Kier molecular flexibility index (Phi) is 5.37. The van der Waals surface area contributed by atoms with E-state index in [0.717, 1.165) is 5.56 Å². The Morgan fingerprint density at radius 2 is 1.67 bits per heavy atom. The second-order valence-electron chi connectivity index (χ2n) is 7.52. The first kappa shape index (κ1) is 20.9. The monoisotopic (exact) mass is 444 g/mol. The van der Waals surface area contributed by atoms with Crippen molar-refractivity contribution in [1.29, 1.82) is 0 Å². The van der Waals surface area contributed by atoms with E-state index in [1.807, 2.05) is 0 Å². The lowest BCUT2D eigenvalue weighted by Crippen LogP contribution is -2.08. The summed E-state index contributed by atoms with van der Waals surface area (Å²) < 4.78 is 28.8. The highest BCUT2D eigenvalue weighted by molar-refractivity contribution is 6.16. The van der Waals surface area contributed by atoms with Crippen LogP contribution in [-0.2, 0) is 6.54 Å². The van der Waals surface area contributed by atoms with Crippen LogP contribution < -0.4 is 5.32 Å². The molecular formula is C25H18F2N4O2. The molecule has 0 saturated heterocycles. The van der Waals surface area contributed by atoms with Crippen molar-refractivity contribution in [3.63, 3.8) is 0 Å². The number of aliphatic hydroxyl groups is 2. The summed E-state index contributed by atoms with van der Waals surface area (Å²) in [6, 6.07) is 17.0. The maximum absolute atomic E-state index is 14.6. The number of halogens is 2. The molecule has 1 aromatic heterocycles. The van der Waals surface area contributed by atoms with Crippen molar-refractivity contribution >= 4 is 17.3 Å². The Morgan fingerprint density at radius 1 is 0.879 bits per heavy atom. The van der Waals surface area contributed by atoms with E-state index in [-0.39, 0.29) is 12.1 Å². The van der Waals surface area contributed by atoms with Gasteiger partial charge in [0.05, 0.1) is 18.0 Å². The van der Waals surface area contributed by atoms with Gasteiger partial charge in [0.1, 0.15) is 11.6 Å². The van der Waals surface area contributed by atoms with Crippen LogP contribution in [-0.4, -0.2) is 25.9 Å². The molecule has 1 aliphatic rings. The van der Waals surface area contributed by atoms with E-state index in [1.54, 1.807) is 54.7 Å². The van der Waals surface area contributed by atoms with E-state index in [1.165, 1.54) is 18.2 Å². The summed E-state index contributed by atoms with van der Waals surface area (Å²) in [6.07, 6.45) is 0.0839. The second-order valence-corrected chi connectivity index (χ2v) is 7.52. The summed E-state index contributed by atoms with van der Waals surface area (Å²) in [7, 11) is 0. The predicted octanol–water partition coefficient (Wildman–Crippen LogP) is 4.50. The SMILES string of the molecule is OC(O)c1ccc(Nc2ncc3c(n2)-c2ccc(F)cc2C(c2ccccc2F)=NC3)cc1. The molecule has 6 nitrogen and oxygen atoms in total. The largest absolute Gasteiger partial charge is 0.364 e. The van der Waals surface area contributed by atoms with Gasteiger partial charge in [-0.3, -0.25) is 4.99 Å². The standard InChI is InChI=1S/C25H18F2N4O2/c26-16-7-10-18-20(11-16)23(19-3-1-2-4-21(19)27)28-12-15-13-29-25(31-22(15)18)30-17-8-5-14(6-9-17)24(32)33/h1-11,13,24,32-33H,12H2,(H,29,30,31). The molecule has 0 saturated carbocycles. The molecular weight excluding hydrogens is 426 g/mol. The van der Waals surface area contributed by atoms with Crippen molar-refractivity contribution in [2.24, 2.45) is 4.99 Å². The lowest BCUT2D eigenvalue weighted by Gasteiger charge is -2.13. The molecule has 4 aromatic rings. The summed E-state index contributed by atoms with van der Waals surface area (Å²) in [5.74, 6) is -0.599. The molecule has 2 heterocycles. The van der Waals surface area contributed by atoms with Crippen molar-refractivity contribution in [2.75, 3.05) is 5.32 Å². The van der Waals surface area contributed by atoms with E-state index in [2.05, 4.69) is 20.3 Å². The average molecular weight is 444 g/mol. The Balaban J connectivity index is 1.57. The average Bonchev–Trinajstić information content (AvgIpc) is 2.96. The third-order valence-corrected chi connectivity index (χ3v) is 5.36. The fourth-order valence-electron chi connectivity index (χ4n) is 3.74. The van der Waals surface area contributed by atoms with Crippen molar-refractivity contribution in [3.8, 4) is 11.3 Å². The Bertz CT molecular complexity index is 1370. The normalized spacial score (nSPS) is 12.6. The minimum Gasteiger partial charge on any atom is -0.364 e. The lowest BCUT2D eigenvalue weighted by molar-refractivity contribution is -0.0424. The number of aliphatic hydroxyl groups excluding tert-OH is 1. The van der Waals surface area contributed by atoms with Crippen LogP contribution in [0.3, 0.4) is 0 Å². The van der Waals surface area contributed by atoms with Gasteiger partial charge in [-0.1, -0.05) is 24.3 Å². The minimum atomic E-state index is -1.55. The van der Waals surface area contributed by atoms with Crippen molar-refractivity contribution in [1.82, 2.24) is 9.97 Å². The molecule has 0 aliphatic carbocycles. The number of nitrogens with one attached hydrogen (secondary N) is 1. The first-order valence-electron chi connectivity index (χ1n) is 10.2. The van der Waals surface area contributed by atoms with Gasteiger partial charge < -0.3 is 15.5 Å². The number of hydrogen-bond donors (Lipinski definition) is 3. The van der Waals surface area contributed by atoms with E-state index in [4.69, 9.17) is 0 Å². The van der Waals surface area contributed by atoms with Gasteiger partial charge in [-0.05, 0) is 42.5 Å². The van der Waals surface area contributed by atoms with Gasteiger partial charge >= 0.3 is 0 Å². The topological polar surface area (TPSA) is 90.6 Å². The zero-order chi connectivity index (χ0) is 22.9. The van der Waals surface area contributed by atoms with E-state index >= 15 is 0 Å². The summed E-state index contributed by atoms with van der Waals surface area (Å²) in [5, 5.41) is 21.6. The summed E-state index contributed by atoms with van der Waals surface area (Å²) >= 11 is 0. The van der Waals surface area contributed by atoms with Crippen molar-refractivity contribution < 1.29 is 19.0 Å². The summed E-state index contributed by atoms with van der Waals surface area (Å²) in [4.78, 5) is 13.6. The van der Waals surface area contributed by atoms with Crippen LogP contribution >= 0.6 is 0 Å². The maximum atomic E-state index is 14.6. The quantitative estimate of drug-likeness (QED) is 0.403. The van der Waals surface area contributed by atoms with Gasteiger partial charge in [0, 0.05) is 39.7 Å². The maximum Gasteiger partial charge on any atom is 0.227 e. The number of nitrogens with zero attached hydrogens (tertiary/aromatic N) is 3. The predicted molar refractivity (Wildman–Crippen MR) is 120 cm³/mol. The van der Waals surface area contributed by atoms with Gasteiger partial charge in [0.25, 0.3) is 0 Å². The molecule has 5 rings (SSSR count). The van der Waals surface area contributed by atoms with Gasteiger partial charge in [-0.25, -0.2) is 18.7 Å². The Hall–Kier alpha value is -4.01. The molecule has 33 heavy (non-hydrogen) atoms. The van der Waals surface area contributed by atoms with Crippen molar-refractivity contribution in [2.45, 2.75) is 12.8 Å². The highest BCUT2D eigenvalue weighted by atomic mass is 19.1. The van der Waals surface area contributed by atoms with Gasteiger partial charge in [0.2, 0.25) is 5.95 Å². The molecule has 0 amide bonds. The van der Waals surface area contributed by atoms with Gasteiger partial charge in [0.15, 0.2) is 6.29 Å². The van der Waals surface area contributed by atoms with E-state index in [9.17, 15) is 19.0 Å². The number of aliphatic imine (C=N–C) groups is 1. The third kappa shape index (κ3) is 4.09. The summed E-state index contributed by atoms with van der Waals surface area (Å²) in [5.41, 5.74) is 4.01. The number of rotatable bonds is 4. The van der Waals surface area contributed by atoms with E-state index in [0.29, 0.717) is 39.7 Å². The molecule has 0 radical (unpaired) electrons. The Labute approximate surface area is 187 Å². The first-order chi connectivity index (χ1) is 16.0. The molecule has 0 bridgehead atoms. The molecule has 3 aromatic carbocycles. The number of aromatic nitrogens is 2. The van der Waals surface area contributed by atoms with Crippen LogP contribution in [0.1, 0.15) is 28.5 Å². The van der Waals surface area contributed by atoms with E-state index < -0.39 is 17.9 Å². The molecule has 164 valence electrons. The van der Waals surface area contributed by atoms with Gasteiger partial charge in [-0.2, -0.15) is 0 Å². The fourth-order valence-corrected chi connectivity index (χ4v) is 3.74. The highest BCUT2D eigenvalue weighted by Crippen LogP contribution is 2.33. The van der Waals surface area contributed by atoms with Crippen molar-refractivity contribution in [3.05, 3.63) is 107 Å². The second kappa shape index (κ2) is 8.50. The highest BCUT2D eigenvalue weighted by Gasteiger charge is 2.23. The number of fused-ring (bicyclic) bond motifs is 3. The number of benzene rings is 3. The zero-order valence-corrected chi connectivity index (χ0v) is 17.2. The number of anilines is 2. The van der Waals surface area contributed by atoms with Crippen LogP contribution in [0.15, 0.2) is 77.9 Å². The molecule has 0 fully saturated rings. The molecule has 8 heteroatoms. The molecule has 0 unspecified atom stereocenters. The van der Waals surface area contributed by atoms with Crippen LogP contribution in [0.4, 0.5) is 20.4 Å². The van der Waals surface area contributed by atoms with Crippen LogP contribution in [0, 0.1) is 11.6 Å². The van der Waals surface area contributed by atoms with Crippen LogP contribution in [0.2, 0.25) is 0 Å². The smallest absolute Gasteiger partial charge is 0.227 e. The summed E-state index contributed by atoms with van der Waals surface area (Å²) in [6.45, 7) is 0.207. The first-order valence-corrected chi connectivity index (χ1v) is 10.2. The number of hydrogen-bond acceptors (Lipinski definition) is 6. The molecule has 0 spiro atoms. The minimum absolute atomic E-state index is 0.207. The molecule has 1 aliphatic heterocycles.